The summed E-state index contributed by atoms with van der Waals surface area (Å²) in [5.74, 6) is 6.87. The highest BCUT2D eigenvalue weighted by Gasteiger charge is 2.00. The molecule has 0 unspecified atom stereocenters. The molecule has 7 nitrogen and oxygen atoms in total. The second-order valence-electron chi connectivity index (χ2n) is 3.98. The second kappa shape index (κ2) is 7.27. The van der Waals surface area contributed by atoms with Crippen LogP contribution in [-0.2, 0) is 11.4 Å². The normalized spacial score (nSPS) is 11.6. The summed E-state index contributed by atoms with van der Waals surface area (Å²) in [6, 6.07) is 7.33. The molecular formula is C13H17N5O2. The summed E-state index contributed by atoms with van der Waals surface area (Å²) >= 11 is 0. The lowest BCUT2D eigenvalue weighted by atomic mass is 10.2. The Morgan fingerprint density at radius 1 is 1.25 bits per heavy atom. The predicted molar refractivity (Wildman–Crippen MR) is 75.1 cm³/mol. The molecule has 0 saturated carbocycles. The van der Waals surface area contributed by atoms with Gasteiger partial charge in [-0.3, -0.25) is 4.99 Å². The molecule has 0 fully saturated rings. The van der Waals surface area contributed by atoms with E-state index in [0.29, 0.717) is 25.6 Å². The SMILES string of the molecule is NOCCOc1ccc(C(N)=NCc2ncc[nH]2)cc1. The zero-order valence-electron chi connectivity index (χ0n) is 11.0. The number of nitrogens with zero attached hydrogens (tertiary/aromatic N) is 2. The molecule has 2 aromatic rings. The molecule has 7 heteroatoms. The van der Waals surface area contributed by atoms with Gasteiger partial charge in [0, 0.05) is 18.0 Å². The first-order valence-corrected chi connectivity index (χ1v) is 6.12. The predicted octanol–water partition coefficient (Wildman–Crippen LogP) is 0.584. The van der Waals surface area contributed by atoms with Crippen molar-refractivity contribution in [2.45, 2.75) is 6.54 Å². The minimum Gasteiger partial charge on any atom is -0.491 e. The zero-order valence-corrected chi connectivity index (χ0v) is 11.0. The molecule has 0 amide bonds. The first-order chi connectivity index (χ1) is 9.79. The molecule has 0 aliphatic carbocycles. The molecule has 0 bridgehead atoms. The molecule has 1 aromatic carbocycles. The Balaban J connectivity index is 1.93. The van der Waals surface area contributed by atoms with Gasteiger partial charge in [-0.05, 0) is 24.3 Å². The molecule has 106 valence electrons. The van der Waals surface area contributed by atoms with E-state index in [1.165, 1.54) is 0 Å². The Bertz CT molecular complexity index is 536. The third-order valence-corrected chi connectivity index (χ3v) is 2.57. The number of aromatic amines is 1. The van der Waals surface area contributed by atoms with Crippen molar-refractivity contribution in [2.75, 3.05) is 13.2 Å². The van der Waals surface area contributed by atoms with Crippen LogP contribution >= 0.6 is 0 Å². The number of hydrogen-bond acceptors (Lipinski definition) is 5. The van der Waals surface area contributed by atoms with Gasteiger partial charge in [-0.25, -0.2) is 10.9 Å². The monoisotopic (exact) mass is 275 g/mol. The number of aromatic nitrogens is 2. The first kappa shape index (κ1) is 14.0. The largest absolute Gasteiger partial charge is 0.491 e. The summed E-state index contributed by atoms with van der Waals surface area (Å²) in [6.07, 6.45) is 3.43. The van der Waals surface area contributed by atoms with Gasteiger partial charge in [0.2, 0.25) is 0 Å². The summed E-state index contributed by atoms with van der Waals surface area (Å²) in [5.41, 5.74) is 6.75. The van der Waals surface area contributed by atoms with Crippen molar-refractivity contribution in [1.29, 1.82) is 0 Å². The highest BCUT2D eigenvalue weighted by Crippen LogP contribution is 2.12. The van der Waals surface area contributed by atoms with Crippen LogP contribution < -0.4 is 16.4 Å². The number of hydrogen-bond donors (Lipinski definition) is 3. The van der Waals surface area contributed by atoms with E-state index in [4.69, 9.17) is 16.4 Å². The fourth-order valence-electron chi connectivity index (χ4n) is 1.57. The van der Waals surface area contributed by atoms with Crippen LogP contribution in [0.5, 0.6) is 5.75 Å². The van der Waals surface area contributed by atoms with Crippen molar-refractivity contribution in [3.63, 3.8) is 0 Å². The quantitative estimate of drug-likeness (QED) is 0.296. The van der Waals surface area contributed by atoms with E-state index < -0.39 is 0 Å². The van der Waals surface area contributed by atoms with Crippen LogP contribution in [0.25, 0.3) is 0 Å². The minimum absolute atomic E-state index is 0.342. The summed E-state index contributed by atoms with van der Waals surface area (Å²) in [5, 5.41) is 0. The van der Waals surface area contributed by atoms with Crippen LogP contribution in [0.3, 0.4) is 0 Å². The Hall–Kier alpha value is -2.38. The molecule has 0 atom stereocenters. The highest BCUT2D eigenvalue weighted by atomic mass is 16.6. The fourth-order valence-corrected chi connectivity index (χ4v) is 1.57. The smallest absolute Gasteiger partial charge is 0.127 e. The molecule has 20 heavy (non-hydrogen) atoms. The number of amidine groups is 1. The van der Waals surface area contributed by atoms with E-state index in [0.717, 1.165) is 17.1 Å². The van der Waals surface area contributed by atoms with Gasteiger partial charge in [-0.15, -0.1) is 0 Å². The van der Waals surface area contributed by atoms with Crippen LogP contribution in [0.4, 0.5) is 0 Å². The van der Waals surface area contributed by atoms with Gasteiger partial charge in [-0.2, -0.15) is 0 Å². The van der Waals surface area contributed by atoms with Crippen LogP contribution in [0.1, 0.15) is 11.4 Å². The van der Waals surface area contributed by atoms with Gasteiger partial charge < -0.3 is 20.3 Å². The molecule has 1 heterocycles. The van der Waals surface area contributed by atoms with Gasteiger partial charge in [0.1, 0.15) is 30.6 Å². The number of nitrogens with two attached hydrogens (primary N) is 2. The molecule has 0 spiro atoms. The number of imidazole rings is 1. The van der Waals surface area contributed by atoms with Crippen molar-refractivity contribution >= 4 is 5.84 Å². The van der Waals surface area contributed by atoms with E-state index in [-0.39, 0.29) is 0 Å². The summed E-state index contributed by atoms with van der Waals surface area (Å²) in [6.45, 7) is 1.16. The summed E-state index contributed by atoms with van der Waals surface area (Å²) < 4.78 is 5.40. The number of rotatable bonds is 7. The van der Waals surface area contributed by atoms with Crippen LogP contribution in [0.15, 0.2) is 41.7 Å². The lowest BCUT2D eigenvalue weighted by molar-refractivity contribution is 0.102. The van der Waals surface area contributed by atoms with Gasteiger partial charge in [-0.1, -0.05) is 0 Å². The molecule has 1 aromatic heterocycles. The maximum atomic E-state index is 5.91. The van der Waals surface area contributed by atoms with Gasteiger partial charge >= 0.3 is 0 Å². The van der Waals surface area contributed by atoms with E-state index in [1.54, 1.807) is 12.4 Å². The zero-order chi connectivity index (χ0) is 14.2. The van der Waals surface area contributed by atoms with E-state index in [1.807, 2.05) is 24.3 Å². The Morgan fingerprint density at radius 3 is 2.70 bits per heavy atom. The number of aliphatic imine (C=N–C) groups is 1. The first-order valence-electron chi connectivity index (χ1n) is 6.12. The average Bonchev–Trinajstić information content (AvgIpc) is 2.99. The van der Waals surface area contributed by atoms with Crippen molar-refractivity contribution in [2.24, 2.45) is 16.6 Å². The Morgan fingerprint density at radius 2 is 2.05 bits per heavy atom. The van der Waals surface area contributed by atoms with Crippen LogP contribution in [-0.4, -0.2) is 29.0 Å². The van der Waals surface area contributed by atoms with Gasteiger partial charge in [0.15, 0.2) is 0 Å². The minimum atomic E-state index is 0.342. The standard InChI is InChI=1S/C13H17N5O2/c14-13(18-9-12-16-5-6-17-12)10-1-3-11(4-2-10)19-7-8-20-15/h1-6H,7-9,15H2,(H2,14,18)(H,16,17). The van der Waals surface area contributed by atoms with Crippen LogP contribution in [0, 0.1) is 0 Å². The number of ether oxygens (including phenoxy) is 1. The number of H-pyrrole nitrogens is 1. The molecule has 0 saturated heterocycles. The maximum absolute atomic E-state index is 5.91. The molecule has 0 aliphatic heterocycles. The van der Waals surface area contributed by atoms with Crippen molar-refractivity contribution in [3.8, 4) is 5.75 Å². The molecule has 0 aliphatic rings. The summed E-state index contributed by atoms with van der Waals surface area (Å²) in [4.78, 5) is 15.7. The van der Waals surface area contributed by atoms with Crippen molar-refractivity contribution < 1.29 is 9.57 Å². The Kier molecular flexibility index (Phi) is 5.10. The van der Waals surface area contributed by atoms with Crippen LogP contribution in [0.2, 0.25) is 0 Å². The van der Waals surface area contributed by atoms with E-state index >= 15 is 0 Å². The maximum Gasteiger partial charge on any atom is 0.127 e. The fraction of sp³-hybridized carbons (Fsp3) is 0.231. The average molecular weight is 275 g/mol. The highest BCUT2D eigenvalue weighted by molar-refractivity contribution is 5.97. The molecule has 5 N–H and O–H groups in total. The number of nitrogens with one attached hydrogen (secondary N) is 1. The number of benzene rings is 1. The summed E-state index contributed by atoms with van der Waals surface area (Å²) in [7, 11) is 0. The molecule has 0 radical (unpaired) electrons. The van der Waals surface area contributed by atoms with Crippen molar-refractivity contribution in [3.05, 3.63) is 48.0 Å². The molecular weight excluding hydrogens is 258 g/mol. The lowest BCUT2D eigenvalue weighted by Crippen LogP contribution is -2.14. The Labute approximate surface area is 116 Å². The topological polar surface area (TPSA) is 112 Å². The second-order valence-corrected chi connectivity index (χ2v) is 3.98. The third-order valence-electron chi connectivity index (χ3n) is 2.57. The lowest BCUT2D eigenvalue weighted by Gasteiger charge is -2.06. The van der Waals surface area contributed by atoms with E-state index in [2.05, 4.69) is 19.8 Å². The van der Waals surface area contributed by atoms with Gasteiger partial charge in [0.05, 0.1) is 6.54 Å². The molecule has 2 rings (SSSR count). The van der Waals surface area contributed by atoms with E-state index in [9.17, 15) is 0 Å². The van der Waals surface area contributed by atoms with Gasteiger partial charge in [0.25, 0.3) is 0 Å². The third kappa shape index (κ3) is 4.08. The van der Waals surface area contributed by atoms with Crippen molar-refractivity contribution in [1.82, 2.24) is 9.97 Å².